The molecule has 0 heterocycles. The first kappa shape index (κ1) is 17.6. The lowest BCUT2D eigenvalue weighted by atomic mass is 10.1. The first-order valence-electron chi connectivity index (χ1n) is 7.72. The highest BCUT2D eigenvalue weighted by molar-refractivity contribution is 5.99. The van der Waals surface area contributed by atoms with Gasteiger partial charge in [-0.05, 0) is 24.3 Å². The number of hydrogen-bond donors (Lipinski definition) is 5. The van der Waals surface area contributed by atoms with E-state index in [-0.39, 0.29) is 11.9 Å². The average Bonchev–Trinajstić information content (AvgIpc) is 2.57. The van der Waals surface area contributed by atoms with E-state index >= 15 is 0 Å². The lowest BCUT2D eigenvalue weighted by Gasteiger charge is -2.14. The van der Waals surface area contributed by atoms with Gasteiger partial charge < -0.3 is 26.8 Å². The number of carbonyl (C=O) groups excluding carboxylic acids is 1. The molecular formula is C17H23N5O2. The Morgan fingerprint density at radius 2 is 2.08 bits per heavy atom. The quantitative estimate of drug-likeness (QED) is 0.298. The second-order valence-electron chi connectivity index (χ2n) is 5.48. The molecule has 0 spiro atoms. The number of benzene rings is 2. The van der Waals surface area contributed by atoms with Crippen LogP contribution in [0.5, 0.6) is 5.75 Å². The molecule has 1 atom stereocenters. The fourth-order valence-electron chi connectivity index (χ4n) is 2.43. The molecule has 0 saturated carbocycles. The van der Waals surface area contributed by atoms with Gasteiger partial charge in [0.1, 0.15) is 5.75 Å². The Labute approximate surface area is 140 Å². The molecule has 2 aromatic rings. The van der Waals surface area contributed by atoms with Gasteiger partial charge in [-0.25, -0.2) is 0 Å². The molecular weight excluding hydrogens is 306 g/mol. The minimum absolute atomic E-state index is 0.0868. The second-order valence-corrected chi connectivity index (χ2v) is 5.48. The summed E-state index contributed by atoms with van der Waals surface area (Å²) >= 11 is 0. The van der Waals surface area contributed by atoms with Gasteiger partial charge >= 0.3 is 0 Å². The molecule has 2 rings (SSSR count). The number of carbonyl (C=O) groups is 1. The van der Waals surface area contributed by atoms with Gasteiger partial charge in [-0.15, -0.1) is 0 Å². The number of nitrogens with two attached hydrogens (primary N) is 2. The summed E-state index contributed by atoms with van der Waals surface area (Å²) in [5.74, 6) is 0.356. The van der Waals surface area contributed by atoms with Crippen molar-refractivity contribution >= 4 is 28.3 Å². The van der Waals surface area contributed by atoms with Crippen LogP contribution in [0, 0.1) is 5.41 Å². The van der Waals surface area contributed by atoms with Crippen molar-refractivity contribution in [3.05, 3.63) is 36.4 Å². The van der Waals surface area contributed by atoms with Crippen LogP contribution in [0.3, 0.4) is 0 Å². The number of fused-ring (bicyclic) bond motifs is 1. The van der Waals surface area contributed by atoms with Crippen LogP contribution >= 0.6 is 0 Å². The van der Waals surface area contributed by atoms with Gasteiger partial charge in [0.25, 0.3) is 0 Å². The highest BCUT2D eigenvalue weighted by atomic mass is 16.5. The number of amides is 1. The van der Waals surface area contributed by atoms with Gasteiger partial charge in [0, 0.05) is 23.7 Å². The molecule has 0 fully saturated rings. The van der Waals surface area contributed by atoms with Gasteiger partial charge in [0.05, 0.1) is 13.2 Å². The van der Waals surface area contributed by atoms with Gasteiger partial charge in [-0.1, -0.05) is 24.3 Å². The molecule has 7 nitrogen and oxygen atoms in total. The van der Waals surface area contributed by atoms with Crippen molar-refractivity contribution in [1.29, 1.82) is 5.41 Å². The molecule has 0 saturated heterocycles. The summed E-state index contributed by atoms with van der Waals surface area (Å²) < 4.78 is 5.39. The summed E-state index contributed by atoms with van der Waals surface area (Å²) in [5, 5.41) is 14.5. The van der Waals surface area contributed by atoms with Crippen LogP contribution in [0.25, 0.3) is 10.8 Å². The molecule has 2 aromatic carbocycles. The Morgan fingerprint density at radius 1 is 1.33 bits per heavy atom. The lowest BCUT2D eigenvalue weighted by Crippen LogP contribution is -2.37. The van der Waals surface area contributed by atoms with E-state index in [1.807, 2.05) is 30.3 Å². The number of ether oxygens (including phenoxy) is 1. The van der Waals surface area contributed by atoms with E-state index in [0.717, 1.165) is 10.8 Å². The van der Waals surface area contributed by atoms with E-state index in [1.165, 1.54) is 0 Å². The Balaban J connectivity index is 2.00. The van der Waals surface area contributed by atoms with Gasteiger partial charge in [-0.3, -0.25) is 10.2 Å². The summed E-state index contributed by atoms with van der Waals surface area (Å²) in [4.78, 5) is 12.2. The van der Waals surface area contributed by atoms with Crippen molar-refractivity contribution in [2.75, 3.05) is 19.0 Å². The minimum Gasteiger partial charge on any atom is -0.496 e. The highest BCUT2D eigenvalue weighted by Gasteiger charge is 2.14. The summed E-state index contributed by atoms with van der Waals surface area (Å²) in [6.07, 6.45) is 1.14. The Hall–Kier alpha value is -2.80. The topological polar surface area (TPSA) is 126 Å². The molecule has 128 valence electrons. The van der Waals surface area contributed by atoms with Crippen LogP contribution in [0.1, 0.15) is 12.8 Å². The number of anilines is 1. The van der Waals surface area contributed by atoms with Crippen molar-refractivity contribution < 1.29 is 9.53 Å². The Bertz CT molecular complexity index is 732. The molecule has 0 aliphatic carbocycles. The van der Waals surface area contributed by atoms with E-state index in [1.54, 1.807) is 13.2 Å². The number of rotatable bonds is 7. The third-order valence-electron chi connectivity index (χ3n) is 3.66. The van der Waals surface area contributed by atoms with Crippen LogP contribution in [0.2, 0.25) is 0 Å². The first-order valence-corrected chi connectivity index (χ1v) is 7.72. The molecule has 24 heavy (non-hydrogen) atoms. The Morgan fingerprint density at radius 3 is 2.79 bits per heavy atom. The van der Waals surface area contributed by atoms with Crippen LogP contribution in [0.4, 0.5) is 5.69 Å². The van der Waals surface area contributed by atoms with Crippen LogP contribution in [-0.2, 0) is 4.79 Å². The highest BCUT2D eigenvalue weighted by Crippen LogP contribution is 2.29. The van der Waals surface area contributed by atoms with Crippen LogP contribution < -0.4 is 26.8 Å². The summed E-state index contributed by atoms with van der Waals surface area (Å²) in [7, 11) is 1.60. The standard InChI is InChI=1S/C17H23N5O2/c1-24-15-10-12(9-11-5-2-3-6-13(11)15)22-16(23)14(18)7-4-8-21-17(19)20/h2-3,5-6,9-10,14H,4,7-8,18H2,1H3,(H,22,23)(H4,19,20,21). The van der Waals surface area contributed by atoms with Crippen molar-refractivity contribution in [1.82, 2.24) is 5.32 Å². The van der Waals surface area contributed by atoms with Crippen LogP contribution in [-0.4, -0.2) is 31.6 Å². The zero-order chi connectivity index (χ0) is 17.5. The molecule has 1 amide bonds. The minimum atomic E-state index is -0.628. The fourth-order valence-corrected chi connectivity index (χ4v) is 2.43. The van der Waals surface area contributed by atoms with Crippen molar-refractivity contribution in [3.63, 3.8) is 0 Å². The maximum atomic E-state index is 12.2. The van der Waals surface area contributed by atoms with Crippen LogP contribution in [0.15, 0.2) is 36.4 Å². The van der Waals surface area contributed by atoms with E-state index in [4.69, 9.17) is 21.6 Å². The number of nitrogens with one attached hydrogen (secondary N) is 3. The van der Waals surface area contributed by atoms with Gasteiger partial charge in [0.2, 0.25) is 5.91 Å². The van der Waals surface area contributed by atoms with Gasteiger partial charge in [-0.2, -0.15) is 0 Å². The maximum absolute atomic E-state index is 12.2. The third-order valence-corrected chi connectivity index (χ3v) is 3.66. The number of guanidine groups is 1. The molecule has 0 bridgehead atoms. The maximum Gasteiger partial charge on any atom is 0.241 e. The van der Waals surface area contributed by atoms with E-state index in [2.05, 4.69) is 10.6 Å². The molecule has 0 aromatic heterocycles. The van der Waals surface area contributed by atoms with E-state index < -0.39 is 6.04 Å². The van der Waals surface area contributed by atoms with E-state index in [9.17, 15) is 4.79 Å². The van der Waals surface area contributed by atoms with Gasteiger partial charge in [0.15, 0.2) is 5.96 Å². The Kier molecular flexibility index (Phi) is 5.97. The normalized spacial score (nSPS) is 11.8. The molecule has 0 radical (unpaired) electrons. The first-order chi connectivity index (χ1) is 11.5. The molecule has 0 aliphatic heterocycles. The molecule has 7 heteroatoms. The van der Waals surface area contributed by atoms with Crippen molar-refractivity contribution in [2.45, 2.75) is 18.9 Å². The third kappa shape index (κ3) is 4.60. The molecule has 1 unspecified atom stereocenters. The van der Waals surface area contributed by atoms with E-state index in [0.29, 0.717) is 30.8 Å². The monoisotopic (exact) mass is 329 g/mol. The number of methoxy groups -OCH3 is 1. The smallest absolute Gasteiger partial charge is 0.241 e. The summed E-state index contributed by atoms with van der Waals surface area (Å²) in [5.41, 5.74) is 11.7. The largest absolute Gasteiger partial charge is 0.496 e. The SMILES string of the molecule is COc1cc(NC(=O)C(N)CCCNC(=N)N)cc2ccccc12. The predicted octanol–water partition coefficient (Wildman–Crippen LogP) is 1.38. The van der Waals surface area contributed by atoms with Crippen molar-refractivity contribution in [3.8, 4) is 5.75 Å². The lowest BCUT2D eigenvalue weighted by molar-refractivity contribution is -0.117. The zero-order valence-electron chi connectivity index (χ0n) is 13.6. The fraction of sp³-hybridized carbons (Fsp3) is 0.294. The predicted molar refractivity (Wildman–Crippen MR) is 96.3 cm³/mol. The summed E-state index contributed by atoms with van der Waals surface area (Å²) in [6, 6.07) is 10.8. The average molecular weight is 329 g/mol. The van der Waals surface area contributed by atoms with Crippen molar-refractivity contribution in [2.24, 2.45) is 11.5 Å². The second kappa shape index (κ2) is 8.16. The number of hydrogen-bond acceptors (Lipinski definition) is 4. The zero-order valence-corrected chi connectivity index (χ0v) is 13.6. The molecule has 0 aliphatic rings. The summed E-state index contributed by atoms with van der Waals surface area (Å²) in [6.45, 7) is 0.514. The molecule has 7 N–H and O–H groups in total.